The minimum atomic E-state index is -1.27. The van der Waals surface area contributed by atoms with Gasteiger partial charge in [0.2, 0.25) is 0 Å². The highest BCUT2D eigenvalue weighted by Gasteiger charge is 2.43. The van der Waals surface area contributed by atoms with Gasteiger partial charge in [0.25, 0.3) is 5.91 Å². The molecule has 0 aromatic heterocycles. The van der Waals surface area contributed by atoms with E-state index < -0.39 is 11.7 Å². The molecule has 1 heterocycles. The lowest BCUT2D eigenvalue weighted by Gasteiger charge is -2.44. The van der Waals surface area contributed by atoms with Gasteiger partial charge in [0, 0.05) is 18.7 Å². The molecule has 1 fully saturated rings. The van der Waals surface area contributed by atoms with Crippen LogP contribution in [-0.4, -0.2) is 70.3 Å². The fourth-order valence-electron chi connectivity index (χ4n) is 2.99. The number of aliphatic hydroxyl groups excluding tert-OH is 1. The zero-order valence-electron chi connectivity index (χ0n) is 13.4. The minimum Gasteiger partial charge on any atom is -0.390 e. The van der Waals surface area contributed by atoms with Crippen LogP contribution in [0.4, 0.5) is 0 Å². The third-order valence-electron chi connectivity index (χ3n) is 4.46. The molecule has 2 atom stereocenters. The molecular weight excluding hydrogens is 280 g/mol. The Morgan fingerprint density at radius 3 is 2.55 bits per heavy atom. The van der Waals surface area contributed by atoms with Gasteiger partial charge in [0.15, 0.2) is 0 Å². The SMILES string of the molecule is CCN(CC)C[C@]1(O)CN(C(=O)c2ccccc2)CC[C@H]1O. The number of nitrogens with zero attached hydrogens (tertiary/aromatic N) is 2. The minimum absolute atomic E-state index is 0.0922. The number of piperidine rings is 1. The Balaban J connectivity index is 2.11. The summed E-state index contributed by atoms with van der Waals surface area (Å²) in [4.78, 5) is 16.3. The van der Waals surface area contributed by atoms with Crippen LogP contribution in [0.25, 0.3) is 0 Å². The summed E-state index contributed by atoms with van der Waals surface area (Å²) in [5, 5.41) is 21.1. The third kappa shape index (κ3) is 3.66. The monoisotopic (exact) mass is 306 g/mol. The highest BCUT2D eigenvalue weighted by molar-refractivity contribution is 5.94. The van der Waals surface area contributed by atoms with Crippen LogP contribution in [0.1, 0.15) is 30.6 Å². The smallest absolute Gasteiger partial charge is 0.253 e. The van der Waals surface area contributed by atoms with Crippen LogP contribution >= 0.6 is 0 Å². The average Bonchev–Trinajstić information content (AvgIpc) is 2.55. The molecule has 0 aliphatic carbocycles. The van der Waals surface area contributed by atoms with Crippen molar-refractivity contribution in [2.24, 2.45) is 0 Å². The molecule has 1 aromatic rings. The fraction of sp³-hybridized carbons (Fsp3) is 0.588. The van der Waals surface area contributed by atoms with Gasteiger partial charge in [-0.3, -0.25) is 4.79 Å². The van der Waals surface area contributed by atoms with Crippen LogP contribution in [0.15, 0.2) is 30.3 Å². The summed E-state index contributed by atoms with van der Waals surface area (Å²) >= 11 is 0. The Hall–Kier alpha value is -1.43. The average molecular weight is 306 g/mol. The van der Waals surface area contributed by atoms with E-state index >= 15 is 0 Å². The molecule has 0 saturated carbocycles. The van der Waals surface area contributed by atoms with Crippen molar-refractivity contribution in [1.29, 1.82) is 0 Å². The molecule has 22 heavy (non-hydrogen) atoms. The maximum atomic E-state index is 12.5. The molecule has 1 amide bonds. The first kappa shape index (κ1) is 16.9. The summed E-state index contributed by atoms with van der Waals surface area (Å²) in [6.07, 6.45) is -0.399. The number of benzene rings is 1. The Bertz CT molecular complexity index is 490. The number of carbonyl (C=O) groups excluding carboxylic acids is 1. The van der Waals surface area contributed by atoms with Gasteiger partial charge in [0.1, 0.15) is 5.60 Å². The van der Waals surface area contributed by atoms with Crippen molar-refractivity contribution in [3.8, 4) is 0 Å². The Morgan fingerprint density at radius 2 is 1.95 bits per heavy atom. The predicted octanol–water partition coefficient (Wildman–Crippen LogP) is 0.966. The lowest BCUT2D eigenvalue weighted by atomic mass is 9.88. The van der Waals surface area contributed by atoms with Crippen molar-refractivity contribution in [2.75, 3.05) is 32.7 Å². The van der Waals surface area contributed by atoms with E-state index in [4.69, 9.17) is 0 Å². The molecule has 5 nitrogen and oxygen atoms in total. The van der Waals surface area contributed by atoms with Crippen molar-refractivity contribution in [2.45, 2.75) is 32.0 Å². The zero-order chi connectivity index (χ0) is 16.2. The lowest BCUT2D eigenvalue weighted by molar-refractivity contribution is -0.126. The number of aliphatic hydroxyl groups is 2. The van der Waals surface area contributed by atoms with Gasteiger partial charge in [-0.15, -0.1) is 0 Å². The second-order valence-electron chi connectivity index (χ2n) is 5.96. The van der Waals surface area contributed by atoms with E-state index in [1.54, 1.807) is 17.0 Å². The Kier molecular flexibility index (Phi) is 5.56. The molecule has 2 rings (SSSR count). The number of rotatable bonds is 5. The Morgan fingerprint density at radius 1 is 1.32 bits per heavy atom. The third-order valence-corrected chi connectivity index (χ3v) is 4.46. The quantitative estimate of drug-likeness (QED) is 0.851. The number of β-amino-alcohol motifs (C(OH)–C–C–N with tert-alkyl or cyclic N) is 1. The second-order valence-corrected chi connectivity index (χ2v) is 5.96. The normalized spacial score (nSPS) is 25.5. The van der Waals surface area contributed by atoms with Crippen LogP contribution in [0, 0.1) is 0 Å². The molecule has 0 radical (unpaired) electrons. The van der Waals surface area contributed by atoms with Crippen LogP contribution < -0.4 is 0 Å². The first-order chi connectivity index (χ1) is 10.5. The van der Waals surface area contributed by atoms with Crippen LogP contribution in [0.5, 0.6) is 0 Å². The van der Waals surface area contributed by atoms with Crippen molar-refractivity contribution in [3.63, 3.8) is 0 Å². The molecule has 1 aromatic carbocycles. The summed E-state index contributed by atoms with van der Waals surface area (Å²) in [5.74, 6) is -0.0922. The summed E-state index contributed by atoms with van der Waals surface area (Å²) in [5.41, 5.74) is -0.654. The van der Waals surface area contributed by atoms with E-state index in [-0.39, 0.29) is 12.5 Å². The topological polar surface area (TPSA) is 64.0 Å². The molecule has 1 saturated heterocycles. The molecule has 0 spiro atoms. The van der Waals surface area contributed by atoms with Crippen molar-refractivity contribution < 1.29 is 15.0 Å². The van der Waals surface area contributed by atoms with Crippen molar-refractivity contribution >= 4 is 5.91 Å². The van der Waals surface area contributed by atoms with Crippen molar-refractivity contribution in [1.82, 2.24) is 9.80 Å². The van der Waals surface area contributed by atoms with Crippen LogP contribution in [-0.2, 0) is 0 Å². The zero-order valence-corrected chi connectivity index (χ0v) is 13.4. The standard InChI is InChI=1S/C17H26N2O3/c1-3-18(4-2)12-17(22)13-19(11-10-15(17)20)16(21)14-8-6-5-7-9-14/h5-9,15,20,22H,3-4,10-13H2,1-2H3/t15-,17+/m1/s1. The van der Waals surface area contributed by atoms with E-state index in [9.17, 15) is 15.0 Å². The number of hydrogen-bond acceptors (Lipinski definition) is 4. The van der Waals surface area contributed by atoms with E-state index in [0.717, 1.165) is 13.1 Å². The first-order valence-electron chi connectivity index (χ1n) is 7.97. The largest absolute Gasteiger partial charge is 0.390 e. The fourth-order valence-corrected chi connectivity index (χ4v) is 2.99. The van der Waals surface area contributed by atoms with Gasteiger partial charge < -0.3 is 20.0 Å². The van der Waals surface area contributed by atoms with E-state index in [1.165, 1.54) is 0 Å². The number of likely N-dealkylation sites (tertiary alicyclic amines) is 1. The van der Waals surface area contributed by atoms with E-state index in [0.29, 0.717) is 25.1 Å². The van der Waals surface area contributed by atoms with Crippen LogP contribution in [0.2, 0.25) is 0 Å². The number of amides is 1. The molecule has 1 aliphatic heterocycles. The van der Waals surface area contributed by atoms with E-state index in [1.807, 2.05) is 32.0 Å². The molecular formula is C17H26N2O3. The lowest BCUT2D eigenvalue weighted by Crippen LogP contribution is -2.62. The van der Waals surface area contributed by atoms with Gasteiger partial charge in [-0.25, -0.2) is 0 Å². The molecule has 0 unspecified atom stereocenters. The molecule has 5 heteroatoms. The maximum absolute atomic E-state index is 12.5. The summed E-state index contributed by atoms with van der Waals surface area (Å²) < 4.78 is 0. The van der Waals surface area contributed by atoms with Gasteiger partial charge in [-0.05, 0) is 31.6 Å². The highest BCUT2D eigenvalue weighted by Crippen LogP contribution is 2.24. The van der Waals surface area contributed by atoms with Crippen molar-refractivity contribution in [3.05, 3.63) is 35.9 Å². The highest BCUT2D eigenvalue weighted by atomic mass is 16.3. The van der Waals surface area contributed by atoms with Gasteiger partial charge in [-0.2, -0.15) is 0 Å². The molecule has 1 aliphatic rings. The molecule has 122 valence electrons. The van der Waals surface area contributed by atoms with Gasteiger partial charge >= 0.3 is 0 Å². The molecule has 0 bridgehead atoms. The van der Waals surface area contributed by atoms with E-state index in [2.05, 4.69) is 4.90 Å². The number of hydrogen-bond donors (Lipinski definition) is 2. The van der Waals surface area contributed by atoms with Crippen LogP contribution in [0.3, 0.4) is 0 Å². The molecule has 2 N–H and O–H groups in total. The summed E-state index contributed by atoms with van der Waals surface area (Å²) in [7, 11) is 0. The first-order valence-corrected chi connectivity index (χ1v) is 7.97. The predicted molar refractivity (Wildman–Crippen MR) is 85.7 cm³/mol. The van der Waals surface area contributed by atoms with Gasteiger partial charge in [-0.1, -0.05) is 32.0 Å². The second kappa shape index (κ2) is 7.22. The van der Waals surface area contributed by atoms with Gasteiger partial charge in [0.05, 0.1) is 12.6 Å². The summed E-state index contributed by atoms with van der Waals surface area (Å²) in [6, 6.07) is 9.07. The number of carbonyl (C=O) groups is 1. The summed E-state index contributed by atoms with van der Waals surface area (Å²) in [6.45, 7) is 6.66. The number of likely N-dealkylation sites (N-methyl/N-ethyl adjacent to an activating group) is 1. The maximum Gasteiger partial charge on any atom is 0.253 e. The Labute approximate surface area is 132 Å².